The lowest BCUT2D eigenvalue weighted by Gasteiger charge is -2.05. The third-order valence-electron chi connectivity index (χ3n) is 2.10. The second kappa shape index (κ2) is 4.77. The van der Waals surface area contributed by atoms with E-state index in [4.69, 9.17) is 5.73 Å². The molecular formula is C11H14FN. The quantitative estimate of drug-likeness (QED) is 0.757. The molecule has 0 aliphatic rings. The summed E-state index contributed by atoms with van der Waals surface area (Å²) in [4.78, 5) is 0. The third kappa shape index (κ3) is 2.67. The largest absolute Gasteiger partial charge is 0.327 e. The minimum absolute atomic E-state index is 0.283. The first-order chi connectivity index (χ1) is 6.27. The van der Waals surface area contributed by atoms with Crippen molar-refractivity contribution in [2.24, 2.45) is 5.73 Å². The molecule has 70 valence electrons. The lowest BCUT2D eigenvalue weighted by Crippen LogP contribution is -2.05. The van der Waals surface area contributed by atoms with Crippen LogP contribution in [-0.2, 0) is 6.42 Å². The molecule has 2 N–H and O–H groups in total. The van der Waals surface area contributed by atoms with Gasteiger partial charge in [-0.1, -0.05) is 24.3 Å². The standard InChI is InChI=1S/C11H14FN/c1-9-4-2-3-5-11(9)6-10(7-12)8-13/h2-5,7H,6,8,13H2,1H3. The predicted molar refractivity (Wildman–Crippen MR) is 53.1 cm³/mol. The molecule has 1 rings (SSSR count). The first-order valence-electron chi connectivity index (χ1n) is 4.30. The zero-order valence-electron chi connectivity index (χ0n) is 7.76. The summed E-state index contributed by atoms with van der Waals surface area (Å²) in [7, 11) is 0. The fraction of sp³-hybridized carbons (Fsp3) is 0.273. The first-order valence-corrected chi connectivity index (χ1v) is 4.30. The van der Waals surface area contributed by atoms with Crippen LogP contribution in [-0.4, -0.2) is 6.54 Å². The Morgan fingerprint density at radius 2 is 2.15 bits per heavy atom. The Bertz CT molecular complexity index is 305. The van der Waals surface area contributed by atoms with Crippen LogP contribution in [0.5, 0.6) is 0 Å². The minimum Gasteiger partial charge on any atom is -0.327 e. The van der Waals surface area contributed by atoms with Crippen molar-refractivity contribution in [1.29, 1.82) is 0 Å². The van der Waals surface area contributed by atoms with Crippen molar-refractivity contribution >= 4 is 0 Å². The maximum Gasteiger partial charge on any atom is 0.0875 e. The van der Waals surface area contributed by atoms with Gasteiger partial charge in [-0.3, -0.25) is 0 Å². The molecule has 13 heavy (non-hydrogen) atoms. The van der Waals surface area contributed by atoms with Crippen LogP contribution in [0.15, 0.2) is 36.2 Å². The highest BCUT2D eigenvalue weighted by Gasteiger charge is 2.00. The van der Waals surface area contributed by atoms with E-state index in [-0.39, 0.29) is 6.54 Å². The van der Waals surface area contributed by atoms with Crippen molar-refractivity contribution in [2.45, 2.75) is 13.3 Å². The molecule has 0 unspecified atom stereocenters. The van der Waals surface area contributed by atoms with E-state index in [1.807, 2.05) is 31.2 Å². The van der Waals surface area contributed by atoms with E-state index < -0.39 is 0 Å². The van der Waals surface area contributed by atoms with E-state index in [9.17, 15) is 4.39 Å². The molecule has 0 spiro atoms. The molecule has 0 fully saturated rings. The summed E-state index contributed by atoms with van der Waals surface area (Å²) < 4.78 is 12.2. The van der Waals surface area contributed by atoms with E-state index in [0.717, 1.165) is 5.56 Å². The Morgan fingerprint density at radius 3 is 2.69 bits per heavy atom. The van der Waals surface area contributed by atoms with Gasteiger partial charge in [0.05, 0.1) is 6.33 Å². The van der Waals surface area contributed by atoms with E-state index in [1.54, 1.807) is 0 Å². The van der Waals surface area contributed by atoms with Crippen LogP contribution in [0.4, 0.5) is 4.39 Å². The number of hydrogen-bond acceptors (Lipinski definition) is 1. The second-order valence-electron chi connectivity index (χ2n) is 3.07. The highest BCUT2D eigenvalue weighted by molar-refractivity contribution is 5.29. The monoisotopic (exact) mass is 179 g/mol. The fourth-order valence-corrected chi connectivity index (χ4v) is 1.21. The number of halogens is 1. The van der Waals surface area contributed by atoms with Crippen LogP contribution >= 0.6 is 0 Å². The van der Waals surface area contributed by atoms with E-state index in [0.29, 0.717) is 18.3 Å². The van der Waals surface area contributed by atoms with Crippen molar-refractivity contribution in [2.75, 3.05) is 6.54 Å². The topological polar surface area (TPSA) is 26.0 Å². The lowest BCUT2D eigenvalue weighted by molar-refractivity contribution is 0.699. The van der Waals surface area contributed by atoms with Crippen molar-refractivity contribution < 1.29 is 4.39 Å². The Balaban J connectivity index is 2.80. The van der Waals surface area contributed by atoms with Gasteiger partial charge in [0.15, 0.2) is 0 Å². The molecule has 0 bridgehead atoms. The zero-order valence-corrected chi connectivity index (χ0v) is 7.76. The second-order valence-corrected chi connectivity index (χ2v) is 3.07. The maximum absolute atomic E-state index is 12.2. The van der Waals surface area contributed by atoms with Gasteiger partial charge >= 0.3 is 0 Å². The Morgan fingerprint density at radius 1 is 1.46 bits per heavy atom. The van der Waals surface area contributed by atoms with Crippen LogP contribution in [0.3, 0.4) is 0 Å². The van der Waals surface area contributed by atoms with Crippen molar-refractivity contribution in [3.63, 3.8) is 0 Å². The molecule has 0 heterocycles. The lowest BCUT2D eigenvalue weighted by atomic mass is 10.0. The average Bonchev–Trinajstić information content (AvgIpc) is 2.17. The molecule has 0 aromatic heterocycles. The van der Waals surface area contributed by atoms with Gasteiger partial charge in [0, 0.05) is 6.54 Å². The van der Waals surface area contributed by atoms with Crippen molar-refractivity contribution in [3.8, 4) is 0 Å². The number of benzene rings is 1. The van der Waals surface area contributed by atoms with Crippen LogP contribution in [0.1, 0.15) is 11.1 Å². The normalized spacial score (nSPS) is 11.8. The van der Waals surface area contributed by atoms with Gasteiger partial charge in [-0.2, -0.15) is 0 Å². The van der Waals surface area contributed by atoms with Gasteiger partial charge in [-0.25, -0.2) is 4.39 Å². The van der Waals surface area contributed by atoms with Gasteiger partial charge in [0.1, 0.15) is 0 Å². The molecule has 0 saturated carbocycles. The van der Waals surface area contributed by atoms with Crippen LogP contribution < -0.4 is 5.73 Å². The summed E-state index contributed by atoms with van der Waals surface area (Å²) in [6, 6.07) is 7.94. The van der Waals surface area contributed by atoms with Gasteiger partial charge in [-0.15, -0.1) is 0 Å². The Labute approximate surface area is 78.1 Å². The zero-order chi connectivity index (χ0) is 9.68. The third-order valence-corrected chi connectivity index (χ3v) is 2.10. The fourth-order valence-electron chi connectivity index (χ4n) is 1.21. The predicted octanol–water partition coefficient (Wildman–Crippen LogP) is 2.35. The van der Waals surface area contributed by atoms with Crippen molar-refractivity contribution in [1.82, 2.24) is 0 Å². The summed E-state index contributed by atoms with van der Waals surface area (Å²) in [6.07, 6.45) is 1.21. The molecule has 0 atom stereocenters. The molecule has 0 radical (unpaired) electrons. The molecule has 0 amide bonds. The average molecular weight is 179 g/mol. The summed E-state index contributed by atoms with van der Waals surface area (Å²) in [6.45, 7) is 2.30. The summed E-state index contributed by atoms with van der Waals surface area (Å²) >= 11 is 0. The van der Waals surface area contributed by atoms with Gasteiger partial charge in [0.2, 0.25) is 0 Å². The maximum atomic E-state index is 12.2. The molecule has 0 aliphatic heterocycles. The van der Waals surface area contributed by atoms with Crippen LogP contribution in [0.25, 0.3) is 0 Å². The number of rotatable bonds is 3. The molecule has 1 aromatic rings. The van der Waals surface area contributed by atoms with Gasteiger partial charge in [0.25, 0.3) is 0 Å². The Kier molecular flexibility index (Phi) is 3.65. The number of aryl methyl sites for hydroxylation is 1. The van der Waals surface area contributed by atoms with E-state index in [2.05, 4.69) is 0 Å². The Hall–Kier alpha value is -1.15. The molecule has 1 nitrogen and oxygen atoms in total. The summed E-state index contributed by atoms with van der Waals surface area (Å²) in [5.41, 5.74) is 8.32. The van der Waals surface area contributed by atoms with E-state index >= 15 is 0 Å². The molecular weight excluding hydrogens is 165 g/mol. The van der Waals surface area contributed by atoms with Crippen LogP contribution in [0.2, 0.25) is 0 Å². The van der Waals surface area contributed by atoms with E-state index in [1.165, 1.54) is 5.56 Å². The number of nitrogens with two attached hydrogens (primary N) is 1. The van der Waals surface area contributed by atoms with Crippen molar-refractivity contribution in [3.05, 3.63) is 47.3 Å². The highest BCUT2D eigenvalue weighted by Crippen LogP contribution is 2.12. The molecule has 1 aromatic carbocycles. The first kappa shape index (κ1) is 9.93. The molecule has 0 saturated heterocycles. The minimum atomic E-state index is 0.283. The smallest absolute Gasteiger partial charge is 0.0875 e. The number of hydrogen-bond donors (Lipinski definition) is 1. The highest BCUT2D eigenvalue weighted by atomic mass is 19.1. The molecule has 0 aliphatic carbocycles. The summed E-state index contributed by atoms with van der Waals surface area (Å²) in [5, 5.41) is 0. The van der Waals surface area contributed by atoms with Gasteiger partial charge < -0.3 is 5.73 Å². The SMILES string of the molecule is Cc1ccccc1CC(=CF)CN. The molecule has 2 heteroatoms. The van der Waals surface area contributed by atoms with Crippen LogP contribution in [0, 0.1) is 6.92 Å². The summed E-state index contributed by atoms with van der Waals surface area (Å²) in [5.74, 6) is 0. The van der Waals surface area contributed by atoms with Gasteiger partial charge in [-0.05, 0) is 30.0 Å².